The van der Waals surface area contributed by atoms with Gasteiger partial charge < -0.3 is 25.2 Å². The maximum atomic E-state index is 5.60. The molecule has 0 saturated carbocycles. The van der Waals surface area contributed by atoms with Gasteiger partial charge in [0.25, 0.3) is 0 Å². The van der Waals surface area contributed by atoms with Crippen molar-refractivity contribution in [1.29, 1.82) is 0 Å². The lowest BCUT2D eigenvalue weighted by Crippen LogP contribution is -2.40. The molecule has 1 saturated heterocycles. The molecule has 0 aromatic heterocycles. The highest BCUT2D eigenvalue weighted by Gasteiger charge is 2.24. The zero-order valence-electron chi connectivity index (χ0n) is 17.8. The summed E-state index contributed by atoms with van der Waals surface area (Å²) in [6.07, 6.45) is 2.54. The van der Waals surface area contributed by atoms with Gasteiger partial charge in [0.1, 0.15) is 0 Å². The topological polar surface area (TPSA) is 52.1 Å². The van der Waals surface area contributed by atoms with E-state index >= 15 is 0 Å². The highest BCUT2D eigenvalue weighted by molar-refractivity contribution is 14.0. The first kappa shape index (κ1) is 25.9. The van der Waals surface area contributed by atoms with Crippen LogP contribution in [0.5, 0.6) is 0 Å². The van der Waals surface area contributed by atoms with E-state index in [0.29, 0.717) is 6.54 Å². The van der Waals surface area contributed by atoms with Gasteiger partial charge in [0.05, 0.1) is 12.6 Å². The molecule has 156 valence electrons. The number of aliphatic imine (C=N–C) groups is 1. The van der Waals surface area contributed by atoms with E-state index in [9.17, 15) is 0 Å². The van der Waals surface area contributed by atoms with Crippen molar-refractivity contribution < 1.29 is 4.74 Å². The van der Waals surface area contributed by atoms with Crippen LogP contribution in [0, 0.1) is 5.41 Å². The molecule has 2 N–H and O–H groups in total. The molecule has 1 aliphatic heterocycles. The normalized spacial score (nSPS) is 18.8. The first-order chi connectivity index (χ1) is 11.9. The quantitative estimate of drug-likeness (QED) is 0.240. The summed E-state index contributed by atoms with van der Waals surface area (Å²) in [5, 5.41) is 6.79. The number of halogens is 1. The highest BCUT2D eigenvalue weighted by Crippen LogP contribution is 2.21. The van der Waals surface area contributed by atoms with Gasteiger partial charge in [0, 0.05) is 33.3 Å². The van der Waals surface area contributed by atoms with Crippen LogP contribution in [0.2, 0.25) is 0 Å². The Morgan fingerprint density at radius 2 is 1.88 bits per heavy atom. The average molecular weight is 483 g/mol. The molecular weight excluding hydrogens is 441 g/mol. The molecule has 1 rings (SSSR count). The fourth-order valence-electron chi connectivity index (χ4n) is 3.05. The number of hydrogen-bond acceptors (Lipinski definition) is 4. The first-order valence-electron chi connectivity index (χ1n) is 9.82. The first-order valence-corrected chi connectivity index (χ1v) is 9.82. The van der Waals surface area contributed by atoms with Crippen molar-refractivity contribution in [2.75, 3.05) is 66.5 Å². The van der Waals surface area contributed by atoms with E-state index in [4.69, 9.17) is 9.73 Å². The largest absolute Gasteiger partial charge is 0.379 e. The molecule has 0 radical (unpaired) electrons. The van der Waals surface area contributed by atoms with Gasteiger partial charge in [-0.15, -0.1) is 24.0 Å². The maximum absolute atomic E-state index is 5.60. The van der Waals surface area contributed by atoms with Gasteiger partial charge in [0.2, 0.25) is 0 Å². The molecule has 0 aliphatic carbocycles. The SMILES string of the molecule is CCNC(=NCC(OC)C(C)(C)C)NCCCN1CCCN(C)CC1.I. The second kappa shape index (κ2) is 14.0. The average Bonchev–Trinajstić information content (AvgIpc) is 2.75. The van der Waals surface area contributed by atoms with Crippen molar-refractivity contribution >= 4 is 29.9 Å². The van der Waals surface area contributed by atoms with E-state index < -0.39 is 0 Å². The van der Waals surface area contributed by atoms with E-state index in [1.165, 1.54) is 32.6 Å². The van der Waals surface area contributed by atoms with Gasteiger partial charge in [-0.3, -0.25) is 4.99 Å². The third-order valence-electron chi connectivity index (χ3n) is 4.77. The summed E-state index contributed by atoms with van der Waals surface area (Å²) in [6.45, 7) is 17.1. The van der Waals surface area contributed by atoms with Crippen LogP contribution in [0.1, 0.15) is 40.5 Å². The number of methoxy groups -OCH3 is 1. The van der Waals surface area contributed by atoms with Crippen LogP contribution in [0.4, 0.5) is 0 Å². The van der Waals surface area contributed by atoms with Crippen LogP contribution in [0.15, 0.2) is 4.99 Å². The van der Waals surface area contributed by atoms with E-state index in [0.717, 1.165) is 32.0 Å². The minimum absolute atomic E-state index is 0. The number of likely N-dealkylation sites (N-methyl/N-ethyl adjacent to an activating group) is 1. The molecule has 1 atom stereocenters. The smallest absolute Gasteiger partial charge is 0.191 e. The molecule has 0 spiro atoms. The zero-order valence-corrected chi connectivity index (χ0v) is 20.1. The third kappa shape index (κ3) is 10.9. The minimum atomic E-state index is 0. The third-order valence-corrected chi connectivity index (χ3v) is 4.77. The second-order valence-electron chi connectivity index (χ2n) is 8.09. The number of hydrogen-bond donors (Lipinski definition) is 2. The Bertz CT molecular complexity index is 387. The van der Waals surface area contributed by atoms with E-state index in [1.807, 2.05) is 0 Å². The van der Waals surface area contributed by atoms with Crippen molar-refractivity contribution in [1.82, 2.24) is 20.4 Å². The van der Waals surface area contributed by atoms with Gasteiger partial charge in [-0.2, -0.15) is 0 Å². The number of guanidine groups is 1. The Labute approximate surface area is 178 Å². The number of rotatable bonds is 8. The molecule has 1 heterocycles. The van der Waals surface area contributed by atoms with Gasteiger partial charge in [0.15, 0.2) is 5.96 Å². The van der Waals surface area contributed by atoms with Crippen LogP contribution >= 0.6 is 24.0 Å². The Kier molecular flexibility index (Phi) is 13.9. The predicted octanol–water partition coefficient (Wildman–Crippen LogP) is 2.25. The van der Waals surface area contributed by atoms with Gasteiger partial charge in [-0.1, -0.05) is 20.8 Å². The van der Waals surface area contributed by atoms with E-state index in [2.05, 4.69) is 55.2 Å². The zero-order chi connectivity index (χ0) is 18.7. The lowest BCUT2D eigenvalue weighted by atomic mass is 9.89. The molecule has 26 heavy (non-hydrogen) atoms. The van der Waals surface area contributed by atoms with Crippen LogP contribution in [-0.4, -0.2) is 88.4 Å². The molecule has 1 aliphatic rings. The lowest BCUT2D eigenvalue weighted by Gasteiger charge is -2.28. The number of nitrogens with zero attached hydrogens (tertiary/aromatic N) is 3. The summed E-state index contributed by atoms with van der Waals surface area (Å²) in [7, 11) is 3.99. The highest BCUT2D eigenvalue weighted by atomic mass is 127. The van der Waals surface area contributed by atoms with Crippen LogP contribution in [0.3, 0.4) is 0 Å². The Morgan fingerprint density at radius 1 is 1.15 bits per heavy atom. The number of ether oxygens (including phenoxy) is 1. The van der Waals surface area contributed by atoms with E-state index in [-0.39, 0.29) is 35.5 Å². The summed E-state index contributed by atoms with van der Waals surface area (Å²) in [4.78, 5) is 9.71. The fraction of sp³-hybridized carbons (Fsp3) is 0.947. The van der Waals surface area contributed by atoms with Crippen LogP contribution in [0.25, 0.3) is 0 Å². The number of nitrogens with one attached hydrogen (secondary N) is 2. The van der Waals surface area contributed by atoms with Gasteiger partial charge in [-0.05, 0) is 51.9 Å². The van der Waals surface area contributed by atoms with Crippen LogP contribution in [-0.2, 0) is 4.74 Å². The monoisotopic (exact) mass is 483 g/mol. The van der Waals surface area contributed by atoms with Crippen molar-refractivity contribution in [3.63, 3.8) is 0 Å². The Hall–Kier alpha value is -0.120. The van der Waals surface area contributed by atoms with Crippen molar-refractivity contribution in [3.8, 4) is 0 Å². The molecule has 0 aromatic rings. The van der Waals surface area contributed by atoms with Crippen molar-refractivity contribution in [2.24, 2.45) is 10.4 Å². The molecule has 0 aromatic carbocycles. The van der Waals surface area contributed by atoms with E-state index in [1.54, 1.807) is 7.11 Å². The maximum Gasteiger partial charge on any atom is 0.191 e. The standard InChI is InChI=1S/C19H41N5O.HI/c1-7-20-18(22-16-17(25-6)19(2,3)4)21-10-8-12-24-13-9-11-23(5)14-15-24;/h17H,7-16H2,1-6H3,(H2,20,21,22);1H. The lowest BCUT2D eigenvalue weighted by molar-refractivity contribution is 0.0241. The molecule has 0 bridgehead atoms. The second-order valence-corrected chi connectivity index (χ2v) is 8.09. The fourth-order valence-corrected chi connectivity index (χ4v) is 3.05. The van der Waals surface area contributed by atoms with Crippen LogP contribution < -0.4 is 10.6 Å². The summed E-state index contributed by atoms with van der Waals surface area (Å²) >= 11 is 0. The summed E-state index contributed by atoms with van der Waals surface area (Å²) in [6, 6.07) is 0. The molecular formula is C19H42IN5O. The molecule has 0 amide bonds. The van der Waals surface area contributed by atoms with Crippen molar-refractivity contribution in [2.45, 2.75) is 46.6 Å². The summed E-state index contributed by atoms with van der Waals surface area (Å²) < 4.78 is 5.60. The summed E-state index contributed by atoms with van der Waals surface area (Å²) in [5.41, 5.74) is 0.0928. The molecule has 7 heteroatoms. The molecule has 6 nitrogen and oxygen atoms in total. The minimum Gasteiger partial charge on any atom is -0.379 e. The van der Waals surface area contributed by atoms with Gasteiger partial charge in [-0.25, -0.2) is 0 Å². The summed E-state index contributed by atoms with van der Waals surface area (Å²) in [5.74, 6) is 0.893. The molecule has 1 fully saturated rings. The molecule has 1 unspecified atom stereocenters. The Balaban J connectivity index is 0.00000625. The predicted molar refractivity (Wildman–Crippen MR) is 123 cm³/mol. The van der Waals surface area contributed by atoms with Gasteiger partial charge >= 0.3 is 0 Å². The Morgan fingerprint density at radius 3 is 2.50 bits per heavy atom. The van der Waals surface area contributed by atoms with Crippen molar-refractivity contribution in [3.05, 3.63) is 0 Å².